The minimum Gasteiger partial charge on any atom is -0.380 e. The molecule has 0 aliphatic carbocycles. The summed E-state index contributed by atoms with van der Waals surface area (Å²) in [6.07, 6.45) is 0. The Balaban J connectivity index is 2.22. The molecule has 2 rings (SSSR count). The fourth-order valence-corrected chi connectivity index (χ4v) is 2.47. The van der Waals surface area contributed by atoms with Crippen LogP contribution in [0.1, 0.15) is 22.5 Å². The minimum atomic E-state index is 0.598. The highest BCUT2D eigenvalue weighted by atomic mass is 35.5. The van der Waals surface area contributed by atoms with Crippen LogP contribution < -0.4 is 5.32 Å². The van der Waals surface area contributed by atoms with Gasteiger partial charge in [0.2, 0.25) is 0 Å². The van der Waals surface area contributed by atoms with Gasteiger partial charge in [0.25, 0.3) is 0 Å². The van der Waals surface area contributed by atoms with Crippen molar-refractivity contribution in [3.05, 3.63) is 50.8 Å². The zero-order chi connectivity index (χ0) is 14.9. The predicted octanol–water partition coefficient (Wildman–Crippen LogP) is 4.43. The summed E-state index contributed by atoms with van der Waals surface area (Å²) >= 11 is 12.3. The standard InChI is InChI=1S/C15H15Cl2N3/c1-9-4-14(17)15(6-13(9)16)19-8-11-5-12(7-18)20(3)10(11)2/h4-6,19H,8H2,1-3H3. The lowest BCUT2D eigenvalue weighted by Gasteiger charge is -2.10. The molecule has 0 radical (unpaired) electrons. The van der Waals surface area contributed by atoms with Gasteiger partial charge in [0.05, 0.1) is 10.7 Å². The fraction of sp³-hybridized carbons (Fsp3) is 0.267. The molecule has 1 aromatic heterocycles. The van der Waals surface area contributed by atoms with Gasteiger partial charge in [-0.1, -0.05) is 23.2 Å². The van der Waals surface area contributed by atoms with Crippen LogP contribution in [0.3, 0.4) is 0 Å². The van der Waals surface area contributed by atoms with E-state index < -0.39 is 0 Å². The SMILES string of the molecule is Cc1cc(Cl)c(NCc2cc(C#N)n(C)c2C)cc1Cl. The molecule has 0 unspecified atom stereocenters. The second kappa shape index (κ2) is 5.78. The van der Waals surface area contributed by atoms with Gasteiger partial charge in [0.15, 0.2) is 0 Å². The third-order valence-corrected chi connectivity index (χ3v) is 4.19. The molecule has 1 aromatic carbocycles. The molecule has 0 aliphatic rings. The van der Waals surface area contributed by atoms with E-state index >= 15 is 0 Å². The van der Waals surface area contributed by atoms with E-state index in [0.717, 1.165) is 22.5 Å². The zero-order valence-electron chi connectivity index (χ0n) is 11.6. The number of nitrogens with zero attached hydrogens (tertiary/aromatic N) is 2. The van der Waals surface area contributed by atoms with Gasteiger partial charge < -0.3 is 9.88 Å². The molecule has 5 heteroatoms. The van der Waals surface area contributed by atoms with Gasteiger partial charge in [0, 0.05) is 24.3 Å². The van der Waals surface area contributed by atoms with E-state index in [2.05, 4.69) is 11.4 Å². The Hall–Kier alpha value is -1.63. The molecule has 0 spiro atoms. The molecular weight excluding hydrogens is 293 g/mol. The summed E-state index contributed by atoms with van der Waals surface area (Å²) in [5, 5.41) is 13.6. The van der Waals surface area contributed by atoms with Gasteiger partial charge in [-0.2, -0.15) is 5.26 Å². The Labute approximate surface area is 128 Å². The summed E-state index contributed by atoms with van der Waals surface area (Å²) in [5.41, 5.74) is 4.52. The Bertz CT molecular complexity index is 696. The molecule has 0 fully saturated rings. The number of aromatic nitrogens is 1. The van der Waals surface area contributed by atoms with E-state index in [4.69, 9.17) is 28.5 Å². The second-order valence-corrected chi connectivity index (χ2v) is 5.56. The van der Waals surface area contributed by atoms with Crippen LogP contribution in [-0.2, 0) is 13.6 Å². The van der Waals surface area contributed by atoms with Crippen LogP contribution in [0.25, 0.3) is 0 Å². The summed E-state index contributed by atoms with van der Waals surface area (Å²) in [7, 11) is 1.88. The van der Waals surface area contributed by atoms with Crippen LogP contribution in [0.5, 0.6) is 0 Å². The summed E-state index contributed by atoms with van der Waals surface area (Å²) in [5.74, 6) is 0. The van der Waals surface area contributed by atoms with Gasteiger partial charge in [-0.15, -0.1) is 0 Å². The van der Waals surface area contributed by atoms with E-state index in [1.54, 1.807) is 0 Å². The van der Waals surface area contributed by atoms with Crippen molar-refractivity contribution in [1.82, 2.24) is 4.57 Å². The van der Waals surface area contributed by atoms with Gasteiger partial charge in [-0.3, -0.25) is 0 Å². The number of anilines is 1. The highest BCUT2D eigenvalue weighted by Gasteiger charge is 2.10. The van der Waals surface area contributed by atoms with E-state index in [1.807, 2.05) is 43.7 Å². The van der Waals surface area contributed by atoms with Crippen molar-refractivity contribution in [1.29, 1.82) is 5.26 Å². The number of hydrogen-bond donors (Lipinski definition) is 1. The Morgan fingerprint density at radius 1 is 1.20 bits per heavy atom. The molecule has 0 amide bonds. The zero-order valence-corrected chi connectivity index (χ0v) is 13.1. The number of benzene rings is 1. The Morgan fingerprint density at radius 2 is 1.90 bits per heavy atom. The average molecular weight is 308 g/mol. The van der Waals surface area contributed by atoms with Crippen molar-refractivity contribution in [2.45, 2.75) is 20.4 Å². The lowest BCUT2D eigenvalue weighted by molar-refractivity contribution is 0.856. The molecule has 1 N–H and O–H groups in total. The monoisotopic (exact) mass is 307 g/mol. The molecule has 0 bridgehead atoms. The fourth-order valence-electron chi connectivity index (χ4n) is 2.02. The second-order valence-electron chi connectivity index (χ2n) is 4.75. The van der Waals surface area contributed by atoms with Crippen LogP contribution in [-0.4, -0.2) is 4.57 Å². The smallest absolute Gasteiger partial charge is 0.120 e. The van der Waals surface area contributed by atoms with E-state index in [-0.39, 0.29) is 0 Å². The van der Waals surface area contributed by atoms with Crippen molar-refractivity contribution in [3.8, 4) is 6.07 Å². The number of halogens is 2. The lowest BCUT2D eigenvalue weighted by atomic mass is 10.2. The first-order valence-corrected chi connectivity index (χ1v) is 6.94. The maximum atomic E-state index is 9.02. The van der Waals surface area contributed by atoms with Gasteiger partial charge in [0.1, 0.15) is 11.8 Å². The van der Waals surface area contributed by atoms with Gasteiger partial charge in [-0.05, 0) is 43.2 Å². The summed E-state index contributed by atoms with van der Waals surface area (Å²) < 4.78 is 1.88. The molecule has 0 atom stereocenters. The summed E-state index contributed by atoms with van der Waals surface area (Å²) in [4.78, 5) is 0. The highest BCUT2D eigenvalue weighted by Crippen LogP contribution is 2.29. The van der Waals surface area contributed by atoms with Crippen molar-refractivity contribution in [2.24, 2.45) is 7.05 Å². The number of rotatable bonds is 3. The number of nitriles is 1. The maximum Gasteiger partial charge on any atom is 0.120 e. The van der Waals surface area contributed by atoms with Crippen molar-refractivity contribution in [3.63, 3.8) is 0 Å². The van der Waals surface area contributed by atoms with Crippen LogP contribution in [0, 0.1) is 25.2 Å². The van der Waals surface area contributed by atoms with Crippen LogP contribution in [0.4, 0.5) is 5.69 Å². The topological polar surface area (TPSA) is 40.8 Å². The number of hydrogen-bond acceptors (Lipinski definition) is 2. The van der Waals surface area contributed by atoms with E-state index in [0.29, 0.717) is 22.3 Å². The van der Waals surface area contributed by atoms with Gasteiger partial charge in [-0.25, -0.2) is 0 Å². The first kappa shape index (κ1) is 14.8. The highest BCUT2D eigenvalue weighted by molar-refractivity contribution is 6.35. The number of nitrogens with one attached hydrogen (secondary N) is 1. The Kier molecular flexibility index (Phi) is 4.27. The van der Waals surface area contributed by atoms with Crippen LogP contribution in [0.15, 0.2) is 18.2 Å². The lowest BCUT2D eigenvalue weighted by Crippen LogP contribution is -2.02. The molecule has 3 nitrogen and oxygen atoms in total. The summed E-state index contributed by atoms with van der Waals surface area (Å²) in [6, 6.07) is 7.71. The first-order valence-electron chi connectivity index (χ1n) is 6.19. The predicted molar refractivity (Wildman–Crippen MR) is 83.4 cm³/mol. The average Bonchev–Trinajstić information content (AvgIpc) is 2.69. The largest absolute Gasteiger partial charge is 0.380 e. The molecule has 104 valence electrons. The molecule has 1 heterocycles. The van der Waals surface area contributed by atoms with Crippen molar-refractivity contribution < 1.29 is 0 Å². The van der Waals surface area contributed by atoms with Crippen molar-refractivity contribution >= 4 is 28.9 Å². The Morgan fingerprint density at radius 3 is 2.50 bits per heavy atom. The van der Waals surface area contributed by atoms with Crippen LogP contribution in [0.2, 0.25) is 10.0 Å². The molecule has 0 saturated heterocycles. The molecule has 20 heavy (non-hydrogen) atoms. The van der Waals surface area contributed by atoms with Crippen LogP contribution >= 0.6 is 23.2 Å². The first-order chi connectivity index (χ1) is 9.43. The maximum absolute atomic E-state index is 9.02. The normalized spacial score (nSPS) is 10.4. The molecular formula is C15H15Cl2N3. The third-order valence-electron chi connectivity index (χ3n) is 3.47. The van der Waals surface area contributed by atoms with Crippen molar-refractivity contribution in [2.75, 3.05) is 5.32 Å². The molecule has 0 aliphatic heterocycles. The third kappa shape index (κ3) is 2.77. The molecule has 2 aromatic rings. The summed E-state index contributed by atoms with van der Waals surface area (Å²) in [6.45, 7) is 4.50. The number of aryl methyl sites for hydroxylation is 1. The van der Waals surface area contributed by atoms with E-state index in [9.17, 15) is 0 Å². The molecule has 0 saturated carbocycles. The van der Waals surface area contributed by atoms with E-state index in [1.165, 1.54) is 0 Å². The quantitative estimate of drug-likeness (QED) is 0.911. The van der Waals surface area contributed by atoms with Gasteiger partial charge >= 0.3 is 0 Å². The minimum absolute atomic E-state index is 0.598.